The Kier molecular flexibility index (Phi) is 27.8. The van der Waals surface area contributed by atoms with Crippen molar-refractivity contribution in [1.82, 2.24) is 31.5 Å². The number of benzene rings is 1. The van der Waals surface area contributed by atoms with E-state index in [1.165, 1.54) is 6.92 Å². The van der Waals surface area contributed by atoms with Crippen molar-refractivity contribution in [3.8, 4) is 0 Å². The Hall–Kier alpha value is -6.76. The number of amides is 9. The third kappa shape index (κ3) is 25.3. The fourth-order valence-corrected chi connectivity index (χ4v) is 5.97. The molecule has 0 fully saturated rings. The first kappa shape index (κ1) is 58.4. The van der Waals surface area contributed by atoms with Crippen LogP contribution in [-0.4, -0.2) is 160 Å². The van der Waals surface area contributed by atoms with Gasteiger partial charge in [-0.3, -0.25) is 43.3 Å². The number of carboxylic acid groups (broad SMARTS) is 1. The van der Waals surface area contributed by atoms with E-state index in [9.17, 15) is 53.1 Å². The van der Waals surface area contributed by atoms with Crippen molar-refractivity contribution in [2.45, 2.75) is 84.0 Å². The van der Waals surface area contributed by atoms with Gasteiger partial charge in [0.1, 0.15) is 24.7 Å². The molecule has 0 aromatic heterocycles. The Morgan fingerprint density at radius 1 is 0.681 bits per heavy atom. The third-order valence-electron chi connectivity index (χ3n) is 9.71. The van der Waals surface area contributed by atoms with E-state index in [-0.39, 0.29) is 123 Å². The molecule has 0 spiro atoms. The summed E-state index contributed by atoms with van der Waals surface area (Å²) in [5, 5.41) is 24.9. The summed E-state index contributed by atoms with van der Waals surface area (Å²) in [6.07, 6.45) is 1.63. The van der Waals surface area contributed by atoms with Crippen molar-refractivity contribution in [2.24, 2.45) is 11.7 Å². The van der Waals surface area contributed by atoms with Gasteiger partial charge in [0, 0.05) is 62.3 Å². The first-order valence-electron chi connectivity index (χ1n) is 22.4. The number of anilines is 1. The number of aliphatic carboxylic acids is 1. The highest BCUT2D eigenvalue weighted by atomic mass is 16.6. The van der Waals surface area contributed by atoms with E-state index in [1.807, 2.05) is 0 Å². The Morgan fingerprint density at radius 3 is 1.83 bits per heavy atom. The zero-order valence-electron chi connectivity index (χ0n) is 39.3. The lowest BCUT2D eigenvalue weighted by Gasteiger charge is -2.27. The summed E-state index contributed by atoms with van der Waals surface area (Å²) in [4.78, 5) is 124. The average Bonchev–Trinajstić information content (AvgIpc) is 3.62. The molecule has 1 aromatic rings. The Bertz CT molecular complexity index is 1930. The molecule has 9 N–H and O–H groups in total. The number of hydrogen-bond acceptors (Lipinski definition) is 15. The minimum atomic E-state index is -1.33. The number of carbonyl (C=O) groups excluding carboxylic acids is 9. The van der Waals surface area contributed by atoms with E-state index >= 15 is 0 Å². The van der Waals surface area contributed by atoms with Crippen molar-refractivity contribution in [1.29, 1.82) is 0 Å². The summed E-state index contributed by atoms with van der Waals surface area (Å²) in [6.45, 7) is 10.3. The summed E-state index contributed by atoms with van der Waals surface area (Å²) in [7, 11) is 0. The SMILES string of the molecule is C=C(C)C(=O)OCc1ccc(NC(=O)[C@H](CCCNC(N)=O)NC(=O)[C@@H](NC(=O)[C@H](CCC(=O)O)NC(=O)CCOCCOCCOCCOCCNC(=O)CCN2C(=O)C=CC2=O)C(C)C)cc1. The Labute approximate surface area is 400 Å². The number of nitrogens with one attached hydrogen (secondary N) is 6. The van der Waals surface area contributed by atoms with Gasteiger partial charge in [-0.25, -0.2) is 9.59 Å². The molecule has 382 valence electrons. The summed E-state index contributed by atoms with van der Waals surface area (Å²) >= 11 is 0. The number of nitrogens with zero attached hydrogens (tertiary/aromatic N) is 1. The number of nitrogens with two attached hydrogens (primary N) is 1. The molecule has 0 saturated carbocycles. The molecule has 0 bridgehead atoms. The lowest BCUT2D eigenvalue weighted by Crippen LogP contribution is -2.58. The molecular weight excluding hydrogens is 909 g/mol. The largest absolute Gasteiger partial charge is 0.481 e. The molecule has 0 saturated heterocycles. The topological polar surface area (TPSA) is 339 Å². The van der Waals surface area contributed by atoms with Gasteiger partial charge in [-0.2, -0.15) is 0 Å². The van der Waals surface area contributed by atoms with Gasteiger partial charge in [0.2, 0.25) is 29.5 Å². The quantitative estimate of drug-likeness (QED) is 0.0183. The van der Waals surface area contributed by atoms with Gasteiger partial charge in [0.25, 0.3) is 11.8 Å². The number of imide groups is 1. The summed E-state index contributed by atoms with van der Waals surface area (Å²) in [5.41, 5.74) is 6.40. The number of rotatable bonds is 36. The molecule has 0 aliphatic carbocycles. The molecule has 9 amide bonds. The monoisotopic (exact) mass is 974 g/mol. The smallest absolute Gasteiger partial charge is 0.333 e. The molecule has 1 aromatic carbocycles. The van der Waals surface area contributed by atoms with Crippen LogP contribution in [0, 0.1) is 5.92 Å². The highest BCUT2D eigenvalue weighted by Gasteiger charge is 2.32. The van der Waals surface area contributed by atoms with E-state index < -0.39 is 83.9 Å². The van der Waals surface area contributed by atoms with E-state index in [4.69, 9.17) is 29.4 Å². The number of primary amides is 1. The van der Waals surface area contributed by atoms with Crippen molar-refractivity contribution < 1.29 is 76.7 Å². The van der Waals surface area contributed by atoms with Crippen molar-refractivity contribution >= 4 is 65.0 Å². The molecule has 2 rings (SSSR count). The van der Waals surface area contributed by atoms with E-state index in [1.54, 1.807) is 38.1 Å². The molecule has 69 heavy (non-hydrogen) atoms. The van der Waals surface area contributed by atoms with E-state index in [0.29, 0.717) is 11.3 Å². The second kappa shape index (κ2) is 32.9. The van der Waals surface area contributed by atoms with Gasteiger partial charge in [0.15, 0.2) is 0 Å². The molecule has 24 heteroatoms. The summed E-state index contributed by atoms with van der Waals surface area (Å²) < 4.78 is 26.9. The standard InChI is InChI=1S/C45H66N8O16/c1-29(2)40(43(62)51-33(6-5-17-48-45(46)64)41(60)49-32-9-7-31(8-10-32)28-69-44(63)30(3)4)52-42(61)34(11-14-39(58)59)50-36(55)16-20-65-22-24-67-26-27-68-25-23-66-21-18-47-35(54)15-19-53-37(56)12-13-38(53)57/h7-10,12-13,29,33-34,40H,3,5-6,11,14-28H2,1-2,4H3,(H,47,54)(H,49,60)(H,50,55)(H,51,62)(H,52,61)(H,58,59)(H3,46,48,64)/t33-,34-,40-/m0/s1. The predicted molar refractivity (Wildman–Crippen MR) is 245 cm³/mol. The molecule has 0 radical (unpaired) electrons. The molecule has 1 aliphatic heterocycles. The maximum absolute atomic E-state index is 13.7. The van der Waals surface area contributed by atoms with Gasteiger partial charge < -0.3 is 66.4 Å². The Morgan fingerprint density at radius 2 is 1.26 bits per heavy atom. The van der Waals surface area contributed by atoms with Crippen LogP contribution in [0.15, 0.2) is 48.6 Å². The number of ether oxygens (including phenoxy) is 5. The lowest BCUT2D eigenvalue weighted by atomic mass is 10.0. The van der Waals surface area contributed by atoms with Crippen molar-refractivity contribution in [3.05, 3.63) is 54.1 Å². The minimum Gasteiger partial charge on any atom is -0.481 e. The summed E-state index contributed by atoms with van der Waals surface area (Å²) in [6, 6.07) is 1.92. The zero-order valence-corrected chi connectivity index (χ0v) is 39.3. The number of urea groups is 1. The number of carboxylic acids is 1. The number of carbonyl (C=O) groups is 10. The highest BCUT2D eigenvalue weighted by Crippen LogP contribution is 2.14. The molecule has 3 atom stereocenters. The second-order valence-corrected chi connectivity index (χ2v) is 15.8. The van der Waals surface area contributed by atoms with Gasteiger partial charge in [-0.05, 0) is 49.8 Å². The van der Waals surface area contributed by atoms with Crippen molar-refractivity contribution in [3.63, 3.8) is 0 Å². The van der Waals surface area contributed by atoms with E-state index in [2.05, 4.69) is 38.5 Å². The van der Waals surface area contributed by atoms with Crippen LogP contribution >= 0.6 is 0 Å². The molecule has 0 unspecified atom stereocenters. The summed E-state index contributed by atoms with van der Waals surface area (Å²) in [5.74, 6) is -6.31. The Balaban J connectivity index is 1.77. The number of esters is 1. The van der Waals surface area contributed by atoms with Crippen LogP contribution in [0.25, 0.3) is 0 Å². The highest BCUT2D eigenvalue weighted by molar-refractivity contribution is 6.13. The second-order valence-electron chi connectivity index (χ2n) is 15.8. The maximum atomic E-state index is 13.7. The van der Waals surface area contributed by atoms with E-state index in [0.717, 1.165) is 17.1 Å². The van der Waals surface area contributed by atoms with Gasteiger partial charge in [-0.1, -0.05) is 32.6 Å². The molecule has 1 aliphatic rings. The van der Waals surface area contributed by atoms with Gasteiger partial charge >= 0.3 is 18.0 Å². The normalized spacial score (nSPS) is 13.2. The first-order chi connectivity index (χ1) is 32.9. The molecular formula is C45H66N8O16. The van der Waals surface area contributed by atoms with Crippen LogP contribution < -0.4 is 37.6 Å². The minimum absolute atomic E-state index is 0.000768. The predicted octanol–water partition coefficient (Wildman–Crippen LogP) is -0.444. The fourth-order valence-electron chi connectivity index (χ4n) is 5.97. The van der Waals surface area contributed by atoms with Crippen LogP contribution in [0.5, 0.6) is 0 Å². The maximum Gasteiger partial charge on any atom is 0.333 e. The zero-order chi connectivity index (χ0) is 51.1. The lowest BCUT2D eigenvalue weighted by molar-refractivity contribution is -0.140. The average molecular weight is 975 g/mol. The van der Waals surface area contributed by atoms with Crippen LogP contribution in [0.3, 0.4) is 0 Å². The van der Waals surface area contributed by atoms with Gasteiger partial charge in [-0.15, -0.1) is 0 Å². The molecule has 1 heterocycles. The van der Waals surface area contributed by atoms with Gasteiger partial charge in [0.05, 0.1) is 52.9 Å². The van der Waals surface area contributed by atoms with Crippen LogP contribution in [0.4, 0.5) is 10.5 Å². The number of hydrogen-bond donors (Lipinski definition) is 8. The fraction of sp³-hybridized carbons (Fsp3) is 0.556. The third-order valence-corrected chi connectivity index (χ3v) is 9.71. The van der Waals surface area contributed by atoms with Crippen LogP contribution in [0.2, 0.25) is 0 Å². The molecule has 24 nitrogen and oxygen atoms in total. The first-order valence-corrected chi connectivity index (χ1v) is 22.4. The van der Waals surface area contributed by atoms with Crippen LogP contribution in [0.1, 0.15) is 64.9 Å². The van der Waals surface area contributed by atoms with Crippen LogP contribution in [-0.2, 0) is 73.4 Å². The van der Waals surface area contributed by atoms with Crippen molar-refractivity contribution in [2.75, 3.05) is 77.8 Å².